The molecule has 11 heteroatoms. The first-order valence-corrected chi connectivity index (χ1v) is 22.8. The van der Waals surface area contributed by atoms with Gasteiger partial charge in [-0.05, 0) is 99.5 Å². The highest BCUT2D eigenvalue weighted by Crippen LogP contribution is 2.40. The minimum Gasteiger partial charge on any atom is -0.462 e. The Bertz CT molecular complexity index is 1150. The van der Waals surface area contributed by atoms with E-state index in [9.17, 15) is 14.7 Å². The minimum atomic E-state index is -0.470. The molecule has 0 spiro atoms. The number of carbonyl (C=O) groups excluding carboxylic acids is 2. The van der Waals surface area contributed by atoms with Gasteiger partial charge in [0.25, 0.3) is 0 Å². The van der Waals surface area contributed by atoms with Crippen LogP contribution in [0.4, 0.5) is 0 Å². The quantitative estimate of drug-likeness (QED) is 0.0489. The van der Waals surface area contributed by atoms with Gasteiger partial charge in [-0.15, -0.1) is 0 Å². The van der Waals surface area contributed by atoms with Crippen LogP contribution in [0.3, 0.4) is 0 Å². The zero-order chi connectivity index (χ0) is 38.9. The maximum absolute atomic E-state index is 12.3. The monoisotopic (exact) mass is 792 g/mol. The van der Waals surface area contributed by atoms with Crippen LogP contribution in [0, 0.1) is 17.8 Å². The van der Waals surface area contributed by atoms with Gasteiger partial charge in [-0.3, -0.25) is 9.59 Å². The number of methoxy groups -OCH3 is 1. The summed E-state index contributed by atoms with van der Waals surface area (Å²) in [5.74, 6) is 1.63. The predicted octanol–water partition coefficient (Wildman–Crippen LogP) is 8.64. The Morgan fingerprint density at radius 2 is 1.64 bits per heavy atom. The number of esters is 2. The topological polar surface area (TPSA) is 119 Å². The number of ether oxygens (including phenoxy) is 7. The molecule has 4 aliphatic rings. The first-order valence-electron chi connectivity index (χ1n) is 21.6. The molecule has 1 N–H and O–H groups in total. The maximum Gasteiger partial charge on any atom is 0.305 e. The van der Waals surface area contributed by atoms with Gasteiger partial charge in [0.2, 0.25) is 0 Å². The Morgan fingerprint density at radius 1 is 0.927 bits per heavy atom. The number of thioether (sulfide) groups is 1. The van der Waals surface area contributed by atoms with Crippen molar-refractivity contribution in [3.05, 3.63) is 36.0 Å². The molecule has 3 unspecified atom stereocenters. The van der Waals surface area contributed by atoms with E-state index in [1.54, 1.807) is 18.9 Å². The van der Waals surface area contributed by atoms with E-state index in [2.05, 4.69) is 37.3 Å². The van der Waals surface area contributed by atoms with E-state index < -0.39 is 6.10 Å². The standard InChI is InChI=1S/C44H72O10S/c1-3-4-5-6-7-8-17-41(46)49-26-27-50-42(47)18-14-28-55-29-23-37-38(40(32-39(37)45)54-44-20-10-12-25-52-44)22-21-36(53-43-19-9-11-24-51-43)31-34-15-13-16-35(30-34)33-48-2/h13,16,21-22,30,34,36-40,43-45H,3-12,14-15,17-20,23-29,31-33H2,1-2H3/b22-21+/t34?,36-,37-,38-,39+,40-,43?,44?/m1/s1. The second-order valence-electron chi connectivity index (χ2n) is 15.6. The average molecular weight is 793 g/mol. The van der Waals surface area contributed by atoms with E-state index >= 15 is 0 Å². The van der Waals surface area contributed by atoms with Gasteiger partial charge in [-0.2, -0.15) is 11.8 Å². The van der Waals surface area contributed by atoms with Gasteiger partial charge in [0.1, 0.15) is 13.2 Å². The van der Waals surface area contributed by atoms with Crippen LogP contribution in [-0.4, -0.2) is 99.6 Å². The van der Waals surface area contributed by atoms with E-state index in [-0.39, 0.29) is 61.8 Å². The van der Waals surface area contributed by atoms with Gasteiger partial charge < -0.3 is 38.3 Å². The Labute approximate surface area is 335 Å². The van der Waals surface area contributed by atoms with Crippen molar-refractivity contribution in [2.45, 2.75) is 160 Å². The van der Waals surface area contributed by atoms with Crippen molar-refractivity contribution in [1.82, 2.24) is 0 Å². The van der Waals surface area contributed by atoms with Gasteiger partial charge in [0.15, 0.2) is 12.6 Å². The van der Waals surface area contributed by atoms with Crippen molar-refractivity contribution in [3.8, 4) is 0 Å². The molecule has 1 saturated carbocycles. The molecule has 2 heterocycles. The van der Waals surface area contributed by atoms with Crippen molar-refractivity contribution >= 4 is 23.7 Å². The number of unbranched alkanes of at least 4 members (excludes halogenated alkanes) is 5. The van der Waals surface area contributed by atoms with Crippen LogP contribution in [0.1, 0.15) is 129 Å². The van der Waals surface area contributed by atoms with Gasteiger partial charge in [-0.1, -0.05) is 69.4 Å². The summed E-state index contributed by atoms with van der Waals surface area (Å²) >= 11 is 1.80. The molecule has 2 saturated heterocycles. The highest BCUT2D eigenvalue weighted by molar-refractivity contribution is 7.99. The summed E-state index contributed by atoms with van der Waals surface area (Å²) in [6.45, 7) is 4.44. The molecular weight excluding hydrogens is 721 g/mol. The van der Waals surface area contributed by atoms with Gasteiger partial charge >= 0.3 is 11.9 Å². The van der Waals surface area contributed by atoms with Crippen molar-refractivity contribution in [2.24, 2.45) is 17.8 Å². The molecule has 0 bridgehead atoms. The molecule has 0 aromatic rings. The molecule has 0 aromatic carbocycles. The van der Waals surface area contributed by atoms with Crippen molar-refractivity contribution < 1.29 is 47.9 Å². The number of carbonyl (C=O) groups is 2. The lowest BCUT2D eigenvalue weighted by molar-refractivity contribution is -0.193. The van der Waals surface area contributed by atoms with E-state index in [1.807, 2.05) is 0 Å². The fourth-order valence-corrected chi connectivity index (χ4v) is 9.04. The summed E-state index contributed by atoms with van der Waals surface area (Å²) in [5.41, 5.74) is 1.20. The van der Waals surface area contributed by atoms with Crippen molar-refractivity contribution in [1.29, 1.82) is 0 Å². The maximum atomic E-state index is 12.3. The SMILES string of the molecule is CCCCCCCCC(=O)OCCOC(=O)CCCSCC[C@@H]1[C@@H](/C=C/[C@H](CC2C=C(COC)C=CC2)OC2CCCCO2)[C@H](OC2CCCCO2)C[C@@H]1O. The molecule has 2 aliphatic heterocycles. The number of hydrogen-bond acceptors (Lipinski definition) is 11. The fourth-order valence-electron chi connectivity index (χ4n) is 8.05. The molecular formula is C44H72O10S. The average Bonchev–Trinajstić information content (AvgIpc) is 3.48. The molecule has 4 rings (SSSR count). The normalized spacial score (nSPS) is 27.6. The molecule has 0 aromatic heterocycles. The van der Waals surface area contributed by atoms with Crippen LogP contribution in [0.25, 0.3) is 0 Å². The summed E-state index contributed by atoms with van der Waals surface area (Å²) in [7, 11) is 1.73. The van der Waals surface area contributed by atoms with E-state index in [1.165, 1.54) is 24.8 Å². The lowest BCUT2D eigenvalue weighted by Crippen LogP contribution is -2.31. The van der Waals surface area contributed by atoms with Crippen LogP contribution in [0.2, 0.25) is 0 Å². The van der Waals surface area contributed by atoms with Crippen LogP contribution < -0.4 is 0 Å². The molecule has 10 nitrogen and oxygen atoms in total. The highest BCUT2D eigenvalue weighted by Gasteiger charge is 2.43. The molecule has 0 amide bonds. The zero-order valence-electron chi connectivity index (χ0n) is 33.9. The van der Waals surface area contributed by atoms with Crippen LogP contribution in [0.15, 0.2) is 36.0 Å². The summed E-state index contributed by atoms with van der Waals surface area (Å²) < 4.78 is 41.1. The minimum absolute atomic E-state index is 0.0280. The van der Waals surface area contributed by atoms with Crippen molar-refractivity contribution in [3.63, 3.8) is 0 Å². The van der Waals surface area contributed by atoms with E-state index in [0.29, 0.717) is 44.8 Å². The molecule has 3 fully saturated rings. The number of hydrogen-bond donors (Lipinski definition) is 1. The van der Waals surface area contributed by atoms with Crippen molar-refractivity contribution in [2.75, 3.05) is 51.6 Å². The Kier molecular flexibility index (Phi) is 23.3. The molecule has 0 radical (unpaired) electrons. The zero-order valence-corrected chi connectivity index (χ0v) is 34.7. The third-order valence-corrected chi connectivity index (χ3v) is 12.1. The van der Waals surface area contributed by atoms with E-state index in [4.69, 9.17) is 33.2 Å². The Balaban J connectivity index is 1.23. The smallest absolute Gasteiger partial charge is 0.305 e. The van der Waals surface area contributed by atoms with Gasteiger partial charge in [0.05, 0.1) is 24.9 Å². The van der Waals surface area contributed by atoms with Gasteiger partial charge in [-0.25, -0.2) is 0 Å². The van der Waals surface area contributed by atoms with Crippen LogP contribution in [0.5, 0.6) is 0 Å². The number of rotatable bonds is 27. The summed E-state index contributed by atoms with van der Waals surface area (Å²) in [5, 5.41) is 11.4. The molecule has 8 atom stereocenters. The number of aliphatic hydroxyl groups excluding tert-OH is 1. The summed E-state index contributed by atoms with van der Waals surface area (Å²) in [6, 6.07) is 0. The summed E-state index contributed by atoms with van der Waals surface area (Å²) in [4.78, 5) is 24.2. The lowest BCUT2D eigenvalue weighted by Gasteiger charge is -2.30. The molecule has 2 aliphatic carbocycles. The first-order chi connectivity index (χ1) is 26.9. The lowest BCUT2D eigenvalue weighted by atomic mass is 9.88. The van der Waals surface area contributed by atoms with Gasteiger partial charge in [0, 0.05) is 45.5 Å². The predicted molar refractivity (Wildman–Crippen MR) is 217 cm³/mol. The Morgan fingerprint density at radius 3 is 2.35 bits per heavy atom. The third-order valence-electron chi connectivity index (χ3n) is 11.0. The third kappa shape index (κ3) is 18.6. The van der Waals surface area contributed by atoms with E-state index in [0.717, 1.165) is 95.2 Å². The first kappa shape index (κ1) is 46.0. The second-order valence-corrected chi connectivity index (χ2v) is 16.9. The molecule has 314 valence electrons. The fraction of sp³-hybridized carbons (Fsp3) is 0.818. The largest absolute Gasteiger partial charge is 0.462 e. The highest BCUT2D eigenvalue weighted by atomic mass is 32.2. The number of aliphatic hydroxyl groups is 1. The number of allylic oxidation sites excluding steroid dienone is 2. The second kappa shape index (κ2) is 27.8. The molecule has 55 heavy (non-hydrogen) atoms. The Hall–Kier alpha value is -1.73. The van der Waals surface area contributed by atoms with Crippen LogP contribution >= 0.6 is 11.8 Å². The summed E-state index contributed by atoms with van der Waals surface area (Å²) in [6.07, 6.45) is 27.5. The van der Waals surface area contributed by atoms with Crippen LogP contribution in [-0.2, 0) is 42.7 Å².